The van der Waals surface area contributed by atoms with Gasteiger partial charge < -0.3 is 28.7 Å². The number of hydrogen-bond acceptors (Lipinski definition) is 9. The molecule has 1 amide bonds. The Morgan fingerprint density at radius 3 is 2.43 bits per heavy atom. The highest BCUT2D eigenvalue weighted by atomic mass is 16.5. The van der Waals surface area contributed by atoms with Crippen LogP contribution < -0.4 is 19.5 Å². The molecule has 2 aromatic rings. The van der Waals surface area contributed by atoms with E-state index in [1.165, 1.54) is 0 Å². The second kappa shape index (κ2) is 10.8. The Morgan fingerprint density at radius 2 is 1.80 bits per heavy atom. The third kappa shape index (κ3) is 5.61. The number of rotatable bonds is 10. The van der Waals surface area contributed by atoms with Crippen LogP contribution in [0.15, 0.2) is 16.5 Å². The quantitative estimate of drug-likeness (QED) is 0.566. The van der Waals surface area contributed by atoms with Gasteiger partial charge in [-0.05, 0) is 30.7 Å². The summed E-state index contributed by atoms with van der Waals surface area (Å²) in [5.41, 5.74) is 0.825. The fourth-order valence-corrected chi connectivity index (χ4v) is 3.23. The molecule has 1 fully saturated rings. The molecule has 10 nitrogen and oxygen atoms in total. The lowest BCUT2D eigenvalue weighted by Gasteiger charge is -2.26. The van der Waals surface area contributed by atoms with Gasteiger partial charge in [0.2, 0.25) is 11.6 Å². The van der Waals surface area contributed by atoms with Crippen LogP contribution in [0.2, 0.25) is 0 Å². The van der Waals surface area contributed by atoms with Gasteiger partial charge in [0.15, 0.2) is 11.5 Å². The first-order valence-corrected chi connectivity index (χ1v) is 9.84. The number of amides is 1. The first-order valence-electron chi connectivity index (χ1n) is 9.84. The van der Waals surface area contributed by atoms with Crippen molar-refractivity contribution in [3.63, 3.8) is 0 Å². The Bertz CT molecular complexity index is 809. The summed E-state index contributed by atoms with van der Waals surface area (Å²) in [4.78, 5) is 14.6. The van der Waals surface area contributed by atoms with Gasteiger partial charge in [0.1, 0.15) is 0 Å². The highest BCUT2D eigenvalue weighted by molar-refractivity contribution is 5.89. The number of carbonyl (C=O) groups is 1. The highest BCUT2D eigenvalue weighted by Gasteiger charge is 2.18. The molecule has 1 N–H and O–H groups in total. The maximum absolute atomic E-state index is 12.2. The first-order chi connectivity index (χ1) is 14.6. The van der Waals surface area contributed by atoms with Crippen molar-refractivity contribution in [1.82, 2.24) is 20.4 Å². The minimum atomic E-state index is -0.374. The van der Waals surface area contributed by atoms with Crippen LogP contribution in [0, 0.1) is 0 Å². The van der Waals surface area contributed by atoms with Gasteiger partial charge in [-0.3, -0.25) is 9.69 Å². The van der Waals surface area contributed by atoms with Gasteiger partial charge in [-0.25, -0.2) is 0 Å². The van der Waals surface area contributed by atoms with Gasteiger partial charge in [-0.1, -0.05) is 0 Å². The van der Waals surface area contributed by atoms with Gasteiger partial charge in [-0.2, -0.15) is 0 Å². The van der Waals surface area contributed by atoms with Gasteiger partial charge in [0.25, 0.3) is 0 Å². The largest absolute Gasteiger partial charge is 0.493 e. The number of ether oxygens (including phenoxy) is 4. The normalized spacial score (nSPS) is 14.4. The average Bonchev–Trinajstić information content (AvgIpc) is 3.25. The van der Waals surface area contributed by atoms with Crippen LogP contribution in [-0.4, -0.2) is 81.7 Å². The van der Waals surface area contributed by atoms with E-state index in [4.69, 9.17) is 23.4 Å². The molecule has 0 aliphatic carbocycles. The topological polar surface area (TPSA) is 108 Å². The number of carbonyl (C=O) groups excluding carboxylic acids is 1. The number of morpholine rings is 1. The molecule has 1 aromatic heterocycles. The van der Waals surface area contributed by atoms with Crippen LogP contribution in [0.3, 0.4) is 0 Å². The molecule has 0 spiro atoms. The molecule has 1 aliphatic rings. The molecule has 1 saturated heterocycles. The Labute approximate surface area is 175 Å². The van der Waals surface area contributed by atoms with Crippen molar-refractivity contribution in [2.45, 2.75) is 12.8 Å². The lowest BCUT2D eigenvalue weighted by Crippen LogP contribution is -2.38. The van der Waals surface area contributed by atoms with Crippen LogP contribution in [-0.2, 0) is 11.2 Å². The number of hydrogen-bond donors (Lipinski definition) is 1. The molecule has 1 aromatic carbocycles. The summed E-state index contributed by atoms with van der Waals surface area (Å²) in [7, 11) is 4.65. The number of nitrogens with zero attached hydrogens (tertiary/aromatic N) is 3. The van der Waals surface area contributed by atoms with Crippen molar-refractivity contribution in [3.8, 4) is 17.2 Å². The molecule has 30 heavy (non-hydrogen) atoms. The summed E-state index contributed by atoms with van der Waals surface area (Å²) in [6.45, 7) is 4.86. The second-order valence-electron chi connectivity index (χ2n) is 6.77. The molecule has 0 radical (unpaired) electrons. The maximum atomic E-state index is 12.2. The van der Waals surface area contributed by atoms with Crippen molar-refractivity contribution >= 4 is 5.91 Å². The van der Waals surface area contributed by atoms with E-state index in [0.29, 0.717) is 36.1 Å². The maximum Gasteiger partial charge on any atom is 0.308 e. The third-order valence-electron chi connectivity index (χ3n) is 4.78. The van der Waals surface area contributed by atoms with E-state index in [1.807, 2.05) is 0 Å². The fourth-order valence-electron chi connectivity index (χ4n) is 3.23. The molecule has 164 valence electrons. The van der Waals surface area contributed by atoms with E-state index in [0.717, 1.165) is 44.8 Å². The summed E-state index contributed by atoms with van der Waals surface area (Å²) in [6, 6.07) is 3.61. The van der Waals surface area contributed by atoms with E-state index < -0.39 is 0 Å². The van der Waals surface area contributed by atoms with Crippen LogP contribution >= 0.6 is 0 Å². The summed E-state index contributed by atoms with van der Waals surface area (Å²) < 4.78 is 26.9. The Hall–Kier alpha value is -2.85. The highest BCUT2D eigenvalue weighted by Crippen LogP contribution is 2.38. The molecule has 10 heteroatoms. The lowest BCUT2D eigenvalue weighted by atomic mass is 10.1. The predicted molar refractivity (Wildman–Crippen MR) is 107 cm³/mol. The van der Waals surface area contributed by atoms with Gasteiger partial charge in [-0.15, -0.1) is 10.2 Å². The smallest absolute Gasteiger partial charge is 0.308 e. The summed E-state index contributed by atoms with van der Waals surface area (Å²) >= 11 is 0. The van der Waals surface area contributed by atoms with Crippen molar-refractivity contribution in [2.24, 2.45) is 0 Å². The SMILES string of the molecule is COc1cc(Cc2nnc(C(=O)NCCCN3CCOCC3)o2)cc(OC)c1OC. The molecule has 3 rings (SSSR count). The molecular weight excluding hydrogens is 392 g/mol. The van der Waals surface area contributed by atoms with Crippen molar-refractivity contribution < 1.29 is 28.2 Å². The lowest BCUT2D eigenvalue weighted by molar-refractivity contribution is 0.0374. The molecule has 0 saturated carbocycles. The number of aromatic nitrogens is 2. The van der Waals surface area contributed by atoms with Crippen molar-refractivity contribution in [2.75, 3.05) is 60.7 Å². The van der Waals surface area contributed by atoms with E-state index in [2.05, 4.69) is 20.4 Å². The Balaban J connectivity index is 1.53. The molecule has 1 aliphatic heterocycles. The van der Waals surface area contributed by atoms with Gasteiger partial charge in [0, 0.05) is 19.6 Å². The van der Waals surface area contributed by atoms with Crippen LogP contribution in [0.25, 0.3) is 0 Å². The van der Waals surface area contributed by atoms with Crippen molar-refractivity contribution in [1.29, 1.82) is 0 Å². The molecular formula is C20H28N4O6. The van der Waals surface area contributed by atoms with Crippen LogP contribution in [0.1, 0.15) is 28.6 Å². The molecule has 0 bridgehead atoms. The predicted octanol–water partition coefficient (Wildman–Crippen LogP) is 1.14. The average molecular weight is 420 g/mol. The standard InChI is InChI=1S/C20H28N4O6/c1-26-15-11-14(12-16(27-2)18(15)28-3)13-17-22-23-20(30-17)19(25)21-5-4-6-24-7-9-29-10-8-24/h11-12H,4-10,13H2,1-3H3,(H,21,25). The molecule has 0 atom stereocenters. The summed E-state index contributed by atoms with van der Waals surface area (Å²) in [5.74, 6) is 1.47. The number of methoxy groups -OCH3 is 3. The Morgan fingerprint density at radius 1 is 1.10 bits per heavy atom. The fraction of sp³-hybridized carbons (Fsp3) is 0.550. The minimum absolute atomic E-state index is 0.0520. The van der Waals surface area contributed by atoms with E-state index in [-0.39, 0.29) is 11.8 Å². The zero-order chi connectivity index (χ0) is 21.3. The minimum Gasteiger partial charge on any atom is -0.493 e. The Kier molecular flexibility index (Phi) is 7.86. The van der Waals surface area contributed by atoms with E-state index in [1.54, 1.807) is 33.5 Å². The summed E-state index contributed by atoms with van der Waals surface area (Å²) in [6.07, 6.45) is 1.17. The zero-order valence-electron chi connectivity index (χ0n) is 17.6. The third-order valence-corrected chi connectivity index (χ3v) is 4.78. The van der Waals surface area contributed by atoms with Gasteiger partial charge >= 0.3 is 11.8 Å². The van der Waals surface area contributed by atoms with E-state index in [9.17, 15) is 4.79 Å². The van der Waals surface area contributed by atoms with E-state index >= 15 is 0 Å². The van der Waals surface area contributed by atoms with Crippen LogP contribution in [0.4, 0.5) is 0 Å². The molecule has 0 unspecified atom stereocenters. The van der Waals surface area contributed by atoms with Gasteiger partial charge in [0.05, 0.1) is 41.0 Å². The second-order valence-corrected chi connectivity index (χ2v) is 6.77. The molecule has 2 heterocycles. The summed E-state index contributed by atoms with van der Waals surface area (Å²) in [5, 5.41) is 10.6. The van der Waals surface area contributed by atoms with Crippen molar-refractivity contribution in [3.05, 3.63) is 29.5 Å². The zero-order valence-corrected chi connectivity index (χ0v) is 17.6. The monoisotopic (exact) mass is 420 g/mol. The van der Waals surface area contributed by atoms with Crippen LogP contribution in [0.5, 0.6) is 17.2 Å². The first kappa shape index (κ1) is 21.8. The number of nitrogens with one attached hydrogen (secondary N) is 1. The number of benzene rings is 1.